The Balaban J connectivity index is 1.37. The molecule has 0 fully saturated rings. The molecule has 3 aromatic heterocycles. The van der Waals surface area contributed by atoms with Crippen LogP contribution in [0.1, 0.15) is 0 Å². The van der Waals surface area contributed by atoms with E-state index in [1.165, 1.54) is 0 Å². The Bertz CT molecular complexity index is 2630. The van der Waals surface area contributed by atoms with E-state index in [9.17, 15) is 0 Å². The van der Waals surface area contributed by atoms with E-state index in [1.807, 2.05) is 54.6 Å². The molecule has 0 saturated carbocycles. The molecular formula is C45H32N6. The molecule has 3 heterocycles. The Labute approximate surface area is 295 Å². The van der Waals surface area contributed by atoms with Crippen LogP contribution < -0.4 is 0 Å². The quantitative estimate of drug-likeness (QED) is 0.153. The van der Waals surface area contributed by atoms with E-state index in [0.29, 0.717) is 0 Å². The lowest BCUT2D eigenvalue weighted by Crippen LogP contribution is -2.01. The highest BCUT2D eigenvalue weighted by Crippen LogP contribution is 2.38. The Kier molecular flexibility index (Phi) is 7.52. The average Bonchev–Trinajstić information content (AvgIpc) is 3.89. The molecule has 0 spiro atoms. The van der Waals surface area contributed by atoms with Gasteiger partial charge in [0.25, 0.3) is 0 Å². The number of fused-ring (bicyclic) bond motifs is 3. The largest absolute Gasteiger partial charge is 0.299 e. The van der Waals surface area contributed by atoms with E-state index in [-0.39, 0.29) is 0 Å². The summed E-state index contributed by atoms with van der Waals surface area (Å²) in [7, 11) is 0. The first-order valence-electron chi connectivity index (χ1n) is 16.9. The van der Waals surface area contributed by atoms with Gasteiger partial charge in [-0.2, -0.15) is 0 Å². The molecule has 0 atom stereocenters. The topological polar surface area (TPSA) is 53.5 Å². The second-order valence-electron chi connectivity index (χ2n) is 12.2. The van der Waals surface area contributed by atoms with Gasteiger partial charge in [0.1, 0.15) is 17.5 Å². The molecule has 0 N–H and O–H groups in total. The predicted molar refractivity (Wildman–Crippen MR) is 210 cm³/mol. The van der Waals surface area contributed by atoms with Gasteiger partial charge in [0.15, 0.2) is 0 Å². The molecule has 0 aliphatic carbocycles. The normalized spacial score (nSPS) is 11.8. The first-order valence-corrected chi connectivity index (χ1v) is 16.9. The minimum absolute atomic E-state index is 0.812. The Hall–Kier alpha value is -7.05. The molecule has 0 amide bonds. The van der Waals surface area contributed by atoms with E-state index in [2.05, 4.69) is 142 Å². The molecule has 0 bridgehead atoms. The van der Waals surface area contributed by atoms with Crippen molar-refractivity contribution < 1.29 is 0 Å². The lowest BCUT2D eigenvalue weighted by atomic mass is 10.0. The number of nitrogens with zero attached hydrogens (tertiary/aromatic N) is 6. The molecule has 9 rings (SSSR count). The zero-order valence-corrected chi connectivity index (χ0v) is 27.7. The summed E-state index contributed by atoms with van der Waals surface area (Å²) in [6.45, 7) is 3.82. The Morgan fingerprint density at radius 3 is 1.33 bits per heavy atom. The van der Waals surface area contributed by atoms with E-state index in [0.717, 1.165) is 78.6 Å². The molecule has 9 aromatic rings. The van der Waals surface area contributed by atoms with Crippen LogP contribution in [0.15, 0.2) is 183 Å². The van der Waals surface area contributed by atoms with Gasteiger partial charge >= 0.3 is 0 Å². The number of para-hydroxylation sites is 8. The van der Waals surface area contributed by atoms with Crippen LogP contribution in [0.4, 0.5) is 0 Å². The lowest BCUT2D eigenvalue weighted by Gasteiger charge is -2.14. The zero-order chi connectivity index (χ0) is 34.1. The molecule has 0 aliphatic rings. The highest BCUT2D eigenvalue weighted by atomic mass is 15.1. The van der Waals surface area contributed by atoms with Crippen molar-refractivity contribution in [3.63, 3.8) is 0 Å². The predicted octanol–water partition coefficient (Wildman–Crippen LogP) is 10.9. The smallest absolute Gasteiger partial charge is 0.145 e. The van der Waals surface area contributed by atoms with Gasteiger partial charge in [-0.3, -0.25) is 13.7 Å². The van der Waals surface area contributed by atoms with Gasteiger partial charge in [-0.1, -0.05) is 97.6 Å². The molecule has 6 aromatic carbocycles. The van der Waals surface area contributed by atoms with Crippen LogP contribution in [0.3, 0.4) is 0 Å². The summed E-state index contributed by atoms with van der Waals surface area (Å²) in [5, 5.41) is 0. The minimum atomic E-state index is 0.812. The fourth-order valence-electron chi connectivity index (χ4n) is 6.81. The maximum absolute atomic E-state index is 5.26. The van der Waals surface area contributed by atoms with Crippen LogP contribution in [0.25, 0.3) is 84.8 Å². The maximum atomic E-state index is 5.26. The standard InChI is InChI=1S/C45H32N6/c1-2-3-4-17-28-49-40-25-14-11-22-37(40)46-43(49)32-29-33(44-47-38-23-12-15-26-41(38)50(44)35-18-7-5-8-19-35)31-34(30-32)45-48-39-24-13-16-27-42(39)51(45)36-20-9-6-10-21-36/h2-31H,1H2/b4-3-,28-17+. The minimum Gasteiger partial charge on any atom is -0.299 e. The first-order chi connectivity index (χ1) is 25.3. The fraction of sp³-hybridized carbons (Fsp3) is 0. The van der Waals surface area contributed by atoms with Gasteiger partial charge in [-0.25, -0.2) is 15.0 Å². The summed E-state index contributed by atoms with van der Waals surface area (Å²) in [6.07, 6.45) is 9.71. The summed E-state index contributed by atoms with van der Waals surface area (Å²) >= 11 is 0. The van der Waals surface area contributed by atoms with Gasteiger partial charge in [-0.15, -0.1) is 0 Å². The van der Waals surface area contributed by atoms with Crippen LogP contribution in [0.2, 0.25) is 0 Å². The molecule has 242 valence electrons. The number of imidazole rings is 3. The number of allylic oxidation sites excluding steroid dienone is 4. The van der Waals surface area contributed by atoms with E-state index >= 15 is 0 Å². The Morgan fingerprint density at radius 2 is 0.824 bits per heavy atom. The van der Waals surface area contributed by atoms with Crippen molar-refractivity contribution in [1.29, 1.82) is 0 Å². The second-order valence-corrected chi connectivity index (χ2v) is 12.2. The van der Waals surface area contributed by atoms with Crippen molar-refractivity contribution in [3.05, 3.63) is 183 Å². The summed E-state index contributed by atoms with van der Waals surface area (Å²) < 4.78 is 6.62. The number of rotatable bonds is 8. The number of hydrogen-bond donors (Lipinski definition) is 0. The third-order valence-electron chi connectivity index (χ3n) is 9.05. The monoisotopic (exact) mass is 656 g/mol. The van der Waals surface area contributed by atoms with Crippen LogP contribution in [-0.2, 0) is 0 Å². The summed E-state index contributed by atoms with van der Waals surface area (Å²) in [4.78, 5) is 15.7. The van der Waals surface area contributed by atoms with Crippen LogP contribution >= 0.6 is 0 Å². The molecule has 0 unspecified atom stereocenters. The third-order valence-corrected chi connectivity index (χ3v) is 9.05. The highest BCUT2D eigenvalue weighted by molar-refractivity contribution is 5.90. The van der Waals surface area contributed by atoms with Gasteiger partial charge in [0.05, 0.1) is 33.1 Å². The number of aromatic nitrogens is 6. The van der Waals surface area contributed by atoms with E-state index < -0.39 is 0 Å². The number of hydrogen-bond acceptors (Lipinski definition) is 3. The number of benzene rings is 6. The van der Waals surface area contributed by atoms with E-state index in [4.69, 9.17) is 15.0 Å². The molecule has 0 aliphatic heterocycles. The van der Waals surface area contributed by atoms with Crippen molar-refractivity contribution in [2.75, 3.05) is 0 Å². The van der Waals surface area contributed by atoms with Crippen molar-refractivity contribution >= 4 is 39.3 Å². The SMILES string of the molecule is C=C/C=C\C=C\n1c(-c2cc(-c3nc4ccccc4n3-c3ccccc3)cc(-c3nc4ccccc4n3-c3ccccc3)c2)nc2ccccc21. The fourth-order valence-corrected chi connectivity index (χ4v) is 6.81. The molecule has 0 radical (unpaired) electrons. The summed E-state index contributed by atoms with van der Waals surface area (Å²) in [5.41, 5.74) is 10.7. The van der Waals surface area contributed by atoms with Crippen LogP contribution in [0, 0.1) is 0 Å². The van der Waals surface area contributed by atoms with Gasteiger partial charge in [-0.05, 0) is 84.9 Å². The van der Waals surface area contributed by atoms with Gasteiger partial charge in [0, 0.05) is 34.3 Å². The van der Waals surface area contributed by atoms with Crippen molar-refractivity contribution in [2.45, 2.75) is 0 Å². The second kappa shape index (κ2) is 12.8. The lowest BCUT2D eigenvalue weighted by molar-refractivity contribution is 1.09. The van der Waals surface area contributed by atoms with E-state index in [1.54, 1.807) is 6.08 Å². The highest BCUT2D eigenvalue weighted by Gasteiger charge is 2.21. The first kappa shape index (κ1) is 30.0. The maximum Gasteiger partial charge on any atom is 0.145 e. The van der Waals surface area contributed by atoms with Crippen molar-refractivity contribution in [3.8, 4) is 45.5 Å². The van der Waals surface area contributed by atoms with Crippen LogP contribution in [0.5, 0.6) is 0 Å². The molecule has 0 saturated heterocycles. The van der Waals surface area contributed by atoms with Gasteiger partial charge < -0.3 is 0 Å². The third kappa shape index (κ3) is 5.36. The van der Waals surface area contributed by atoms with Crippen molar-refractivity contribution in [2.24, 2.45) is 0 Å². The zero-order valence-electron chi connectivity index (χ0n) is 27.7. The van der Waals surface area contributed by atoms with Crippen molar-refractivity contribution in [1.82, 2.24) is 28.7 Å². The summed E-state index contributed by atoms with van der Waals surface area (Å²) in [6, 6.07) is 52.2. The average molecular weight is 657 g/mol. The Morgan fingerprint density at radius 1 is 0.412 bits per heavy atom. The summed E-state index contributed by atoms with van der Waals surface area (Å²) in [5.74, 6) is 2.48. The molecule has 51 heavy (non-hydrogen) atoms. The van der Waals surface area contributed by atoms with Gasteiger partial charge in [0.2, 0.25) is 0 Å². The molecule has 6 heteroatoms. The molecular weight excluding hydrogens is 625 g/mol. The van der Waals surface area contributed by atoms with Crippen LogP contribution in [-0.4, -0.2) is 28.7 Å². The molecule has 6 nitrogen and oxygen atoms in total.